The smallest absolute Gasteiger partial charge is 0.258 e. The van der Waals surface area contributed by atoms with Crippen molar-refractivity contribution in [2.75, 3.05) is 17.3 Å². The summed E-state index contributed by atoms with van der Waals surface area (Å²) >= 11 is 6.03. The molecule has 120 valence electrons. The molecule has 3 rings (SSSR count). The Morgan fingerprint density at radius 1 is 0.958 bits per heavy atom. The number of amides is 1. The Kier molecular flexibility index (Phi) is 4.77. The SMILES string of the molecule is CN(c1ccccc1)c1ccc(NC(=O)c2ccccc2Cl)nc1. The number of pyridine rings is 1. The molecular weight excluding hydrogens is 322 g/mol. The largest absolute Gasteiger partial charge is 0.343 e. The minimum atomic E-state index is -0.280. The number of nitrogens with one attached hydrogen (secondary N) is 1. The Hall–Kier alpha value is -2.85. The second kappa shape index (κ2) is 7.15. The molecule has 24 heavy (non-hydrogen) atoms. The van der Waals surface area contributed by atoms with Gasteiger partial charge in [-0.2, -0.15) is 0 Å². The summed E-state index contributed by atoms with van der Waals surface area (Å²) in [6.45, 7) is 0. The molecule has 0 radical (unpaired) electrons. The second-order valence-electron chi connectivity index (χ2n) is 5.23. The molecule has 0 bridgehead atoms. The molecule has 0 aliphatic rings. The topological polar surface area (TPSA) is 45.2 Å². The fourth-order valence-corrected chi connectivity index (χ4v) is 2.51. The minimum absolute atomic E-state index is 0.280. The van der Waals surface area contributed by atoms with Gasteiger partial charge in [0.25, 0.3) is 5.91 Å². The molecule has 0 unspecified atom stereocenters. The third kappa shape index (κ3) is 3.55. The van der Waals surface area contributed by atoms with E-state index in [-0.39, 0.29) is 5.91 Å². The lowest BCUT2D eigenvalue weighted by Crippen LogP contribution is -2.14. The van der Waals surface area contributed by atoms with Crippen LogP contribution in [0.4, 0.5) is 17.2 Å². The third-order valence-corrected chi connectivity index (χ3v) is 3.97. The van der Waals surface area contributed by atoms with Crippen LogP contribution in [-0.4, -0.2) is 17.9 Å². The first-order valence-electron chi connectivity index (χ1n) is 7.46. The van der Waals surface area contributed by atoms with Crippen molar-refractivity contribution in [2.45, 2.75) is 0 Å². The quantitative estimate of drug-likeness (QED) is 0.746. The van der Waals surface area contributed by atoms with Crippen molar-refractivity contribution in [1.29, 1.82) is 0 Å². The first-order chi connectivity index (χ1) is 11.6. The highest BCUT2D eigenvalue weighted by Crippen LogP contribution is 2.23. The van der Waals surface area contributed by atoms with Crippen molar-refractivity contribution in [3.63, 3.8) is 0 Å². The van der Waals surface area contributed by atoms with E-state index >= 15 is 0 Å². The molecule has 4 nitrogen and oxygen atoms in total. The summed E-state index contributed by atoms with van der Waals surface area (Å²) in [5.41, 5.74) is 2.41. The van der Waals surface area contributed by atoms with Gasteiger partial charge in [0.15, 0.2) is 0 Å². The number of carbonyl (C=O) groups excluding carboxylic acids is 1. The Balaban J connectivity index is 1.73. The average molecular weight is 338 g/mol. The monoisotopic (exact) mass is 337 g/mol. The lowest BCUT2D eigenvalue weighted by Gasteiger charge is -2.19. The Morgan fingerprint density at radius 3 is 2.33 bits per heavy atom. The van der Waals surface area contributed by atoms with Crippen LogP contribution in [0.5, 0.6) is 0 Å². The third-order valence-electron chi connectivity index (χ3n) is 3.64. The van der Waals surface area contributed by atoms with E-state index in [1.165, 1.54) is 0 Å². The van der Waals surface area contributed by atoms with Crippen molar-refractivity contribution in [1.82, 2.24) is 4.98 Å². The summed E-state index contributed by atoms with van der Waals surface area (Å²) in [6.07, 6.45) is 1.72. The summed E-state index contributed by atoms with van der Waals surface area (Å²) in [6, 6.07) is 20.6. The van der Waals surface area contributed by atoms with Gasteiger partial charge in [-0.05, 0) is 36.4 Å². The van der Waals surface area contributed by atoms with E-state index in [0.29, 0.717) is 16.4 Å². The van der Waals surface area contributed by atoms with Gasteiger partial charge in [-0.15, -0.1) is 0 Å². The minimum Gasteiger partial charge on any atom is -0.343 e. The molecule has 1 N–H and O–H groups in total. The number of anilines is 3. The Labute approximate surface area is 145 Å². The molecule has 0 atom stereocenters. The molecule has 1 amide bonds. The van der Waals surface area contributed by atoms with Gasteiger partial charge in [-0.1, -0.05) is 41.9 Å². The average Bonchev–Trinajstić information content (AvgIpc) is 2.63. The van der Waals surface area contributed by atoms with Crippen LogP contribution in [0.1, 0.15) is 10.4 Å². The van der Waals surface area contributed by atoms with E-state index in [1.807, 2.05) is 48.3 Å². The summed E-state index contributed by atoms with van der Waals surface area (Å²) < 4.78 is 0. The van der Waals surface area contributed by atoms with Gasteiger partial charge < -0.3 is 10.2 Å². The van der Waals surface area contributed by atoms with Crippen LogP contribution >= 0.6 is 11.6 Å². The van der Waals surface area contributed by atoms with Crippen LogP contribution < -0.4 is 10.2 Å². The summed E-state index contributed by atoms with van der Waals surface area (Å²) in [5, 5.41) is 3.16. The molecule has 0 saturated carbocycles. The number of hydrogen-bond donors (Lipinski definition) is 1. The van der Waals surface area contributed by atoms with E-state index in [1.54, 1.807) is 36.5 Å². The molecule has 0 fully saturated rings. The molecule has 0 saturated heterocycles. The highest BCUT2D eigenvalue weighted by Gasteiger charge is 2.11. The van der Waals surface area contributed by atoms with Crippen molar-refractivity contribution in [3.05, 3.63) is 83.5 Å². The molecule has 3 aromatic rings. The van der Waals surface area contributed by atoms with Crippen LogP contribution in [0.3, 0.4) is 0 Å². The van der Waals surface area contributed by atoms with Gasteiger partial charge in [-0.25, -0.2) is 4.98 Å². The number of rotatable bonds is 4. The van der Waals surface area contributed by atoms with Gasteiger partial charge >= 0.3 is 0 Å². The molecule has 0 aliphatic heterocycles. The van der Waals surface area contributed by atoms with Crippen LogP contribution in [0.15, 0.2) is 72.9 Å². The molecule has 1 aromatic heterocycles. The lowest BCUT2D eigenvalue weighted by atomic mass is 10.2. The van der Waals surface area contributed by atoms with Crippen LogP contribution in [0, 0.1) is 0 Å². The number of carbonyl (C=O) groups is 1. The van der Waals surface area contributed by atoms with E-state index in [2.05, 4.69) is 10.3 Å². The van der Waals surface area contributed by atoms with Gasteiger partial charge in [0, 0.05) is 12.7 Å². The van der Waals surface area contributed by atoms with Crippen molar-refractivity contribution < 1.29 is 4.79 Å². The molecular formula is C19H16ClN3O. The van der Waals surface area contributed by atoms with E-state index in [0.717, 1.165) is 11.4 Å². The maximum absolute atomic E-state index is 12.2. The van der Waals surface area contributed by atoms with Gasteiger partial charge in [0.1, 0.15) is 5.82 Å². The number of halogens is 1. The maximum atomic E-state index is 12.2. The normalized spacial score (nSPS) is 10.2. The molecule has 1 heterocycles. The van der Waals surface area contributed by atoms with E-state index in [9.17, 15) is 4.79 Å². The summed E-state index contributed by atoms with van der Waals surface area (Å²) in [7, 11) is 1.97. The van der Waals surface area contributed by atoms with Crippen molar-refractivity contribution in [2.24, 2.45) is 0 Å². The van der Waals surface area contributed by atoms with Crippen molar-refractivity contribution in [3.8, 4) is 0 Å². The number of benzene rings is 2. The predicted molar refractivity (Wildman–Crippen MR) is 98.1 cm³/mol. The predicted octanol–water partition coefficient (Wildman–Crippen LogP) is 4.76. The zero-order valence-corrected chi connectivity index (χ0v) is 13.9. The molecule has 0 spiro atoms. The molecule has 2 aromatic carbocycles. The highest BCUT2D eigenvalue weighted by atomic mass is 35.5. The van der Waals surface area contributed by atoms with Crippen LogP contribution in [0.2, 0.25) is 5.02 Å². The second-order valence-corrected chi connectivity index (χ2v) is 5.64. The van der Waals surface area contributed by atoms with Gasteiger partial charge in [0.2, 0.25) is 0 Å². The number of para-hydroxylation sites is 1. The zero-order valence-electron chi connectivity index (χ0n) is 13.1. The van der Waals surface area contributed by atoms with Crippen molar-refractivity contribution >= 4 is 34.7 Å². The number of aromatic nitrogens is 1. The van der Waals surface area contributed by atoms with Gasteiger partial charge in [-0.3, -0.25) is 4.79 Å². The fourth-order valence-electron chi connectivity index (χ4n) is 2.29. The standard InChI is InChI=1S/C19H16ClN3O/c1-23(14-7-3-2-4-8-14)15-11-12-18(21-13-15)22-19(24)16-9-5-6-10-17(16)20/h2-13H,1H3,(H,21,22,24). The number of hydrogen-bond acceptors (Lipinski definition) is 3. The molecule has 5 heteroatoms. The Morgan fingerprint density at radius 2 is 1.67 bits per heavy atom. The highest BCUT2D eigenvalue weighted by molar-refractivity contribution is 6.34. The fraction of sp³-hybridized carbons (Fsp3) is 0.0526. The van der Waals surface area contributed by atoms with E-state index in [4.69, 9.17) is 11.6 Å². The Bertz CT molecular complexity index is 835. The summed E-state index contributed by atoms with van der Waals surface area (Å²) in [4.78, 5) is 18.6. The lowest BCUT2D eigenvalue weighted by molar-refractivity contribution is 0.102. The zero-order chi connectivity index (χ0) is 16.9. The van der Waals surface area contributed by atoms with Gasteiger partial charge in [0.05, 0.1) is 22.5 Å². The van der Waals surface area contributed by atoms with Crippen LogP contribution in [0.25, 0.3) is 0 Å². The first-order valence-corrected chi connectivity index (χ1v) is 7.83. The first kappa shape index (κ1) is 16.0. The maximum Gasteiger partial charge on any atom is 0.258 e. The number of nitrogens with zero attached hydrogens (tertiary/aromatic N) is 2. The van der Waals surface area contributed by atoms with E-state index < -0.39 is 0 Å². The van der Waals surface area contributed by atoms with Crippen LogP contribution in [-0.2, 0) is 0 Å². The summed E-state index contributed by atoms with van der Waals surface area (Å²) in [5.74, 6) is 0.197. The molecule has 0 aliphatic carbocycles.